The number of rotatable bonds is 2. The third-order valence-corrected chi connectivity index (χ3v) is 1.90. The number of nitrogens with one attached hydrogen (secondary N) is 2. The van der Waals surface area contributed by atoms with Crippen LogP contribution in [0.4, 0.5) is 0 Å². The molecule has 0 radical (unpaired) electrons. The Morgan fingerprint density at radius 3 is 3.25 bits per heavy atom. The third-order valence-electron chi connectivity index (χ3n) is 1.90. The van der Waals surface area contributed by atoms with Crippen molar-refractivity contribution in [3.63, 3.8) is 0 Å². The smallest absolute Gasteiger partial charge is 0.237 e. The molecule has 1 atom stereocenters. The number of hydrogen-bond donors (Lipinski definition) is 2. The maximum absolute atomic E-state index is 11.2. The molecule has 0 spiro atoms. The zero-order valence-electron chi connectivity index (χ0n) is 7.31. The number of carbonyl (C=O) groups is 1. The van der Waals surface area contributed by atoms with Crippen LogP contribution in [0.1, 0.15) is 19.8 Å². The lowest BCUT2D eigenvalue weighted by molar-refractivity contribution is -0.124. The fourth-order valence-electron chi connectivity index (χ4n) is 1.23. The van der Waals surface area contributed by atoms with Crippen LogP contribution in [0, 0.1) is 11.8 Å². The number of piperidine rings is 1. The Balaban J connectivity index is 2.27. The van der Waals surface area contributed by atoms with Crippen LogP contribution in [-0.2, 0) is 4.79 Å². The van der Waals surface area contributed by atoms with E-state index < -0.39 is 0 Å². The van der Waals surface area contributed by atoms with Crippen molar-refractivity contribution in [2.75, 3.05) is 13.1 Å². The van der Waals surface area contributed by atoms with Crippen molar-refractivity contribution in [1.82, 2.24) is 10.6 Å². The van der Waals surface area contributed by atoms with Gasteiger partial charge in [-0.15, -0.1) is 5.92 Å². The first-order valence-corrected chi connectivity index (χ1v) is 4.25. The van der Waals surface area contributed by atoms with Gasteiger partial charge < -0.3 is 5.32 Å². The summed E-state index contributed by atoms with van der Waals surface area (Å²) in [6.07, 6.45) is 1.99. The summed E-state index contributed by atoms with van der Waals surface area (Å²) in [5.41, 5.74) is 0. The third kappa shape index (κ3) is 2.55. The minimum Gasteiger partial charge on any atom is -0.355 e. The molecule has 0 bridgehead atoms. The van der Waals surface area contributed by atoms with Gasteiger partial charge in [0.2, 0.25) is 5.91 Å². The van der Waals surface area contributed by atoms with Crippen LogP contribution in [0.2, 0.25) is 0 Å². The highest BCUT2D eigenvalue weighted by Gasteiger charge is 2.20. The summed E-state index contributed by atoms with van der Waals surface area (Å²) in [5, 5.41) is 5.90. The second kappa shape index (κ2) is 4.78. The molecular formula is C9H14N2O. The summed E-state index contributed by atoms with van der Waals surface area (Å²) in [7, 11) is 0. The Morgan fingerprint density at radius 2 is 2.58 bits per heavy atom. The maximum atomic E-state index is 11.2. The normalized spacial score (nSPS) is 22.4. The molecule has 3 heteroatoms. The van der Waals surface area contributed by atoms with Gasteiger partial charge >= 0.3 is 0 Å². The van der Waals surface area contributed by atoms with E-state index in [9.17, 15) is 4.79 Å². The predicted molar refractivity (Wildman–Crippen MR) is 47.5 cm³/mol. The SMILES string of the molecule is CC#CCNC1CCCNC1=O. The number of carbonyl (C=O) groups excluding carboxylic acids is 1. The lowest BCUT2D eigenvalue weighted by Gasteiger charge is -2.21. The molecule has 0 aromatic heterocycles. The van der Waals surface area contributed by atoms with E-state index in [1.807, 2.05) is 0 Å². The minimum absolute atomic E-state index is 0.0281. The van der Waals surface area contributed by atoms with E-state index >= 15 is 0 Å². The molecule has 0 saturated carbocycles. The van der Waals surface area contributed by atoms with Gasteiger partial charge in [-0.05, 0) is 19.8 Å². The molecule has 1 fully saturated rings. The van der Waals surface area contributed by atoms with Crippen molar-refractivity contribution in [3.05, 3.63) is 0 Å². The Hall–Kier alpha value is -1.01. The summed E-state index contributed by atoms with van der Waals surface area (Å²) >= 11 is 0. The molecule has 2 N–H and O–H groups in total. The Bertz CT molecular complexity index is 214. The van der Waals surface area contributed by atoms with Gasteiger partial charge in [0.15, 0.2) is 0 Å². The van der Waals surface area contributed by atoms with Crippen LogP contribution < -0.4 is 10.6 Å². The largest absolute Gasteiger partial charge is 0.355 e. The molecule has 12 heavy (non-hydrogen) atoms. The van der Waals surface area contributed by atoms with E-state index in [1.54, 1.807) is 6.92 Å². The van der Waals surface area contributed by atoms with E-state index in [4.69, 9.17) is 0 Å². The summed E-state index contributed by atoms with van der Waals surface area (Å²) in [6.45, 7) is 3.22. The van der Waals surface area contributed by atoms with E-state index in [2.05, 4.69) is 22.5 Å². The molecule has 1 amide bonds. The quantitative estimate of drug-likeness (QED) is 0.561. The molecule has 1 aliphatic rings. The van der Waals surface area contributed by atoms with Crippen LogP contribution in [0.5, 0.6) is 0 Å². The van der Waals surface area contributed by atoms with Crippen molar-refractivity contribution < 1.29 is 4.79 Å². The first-order valence-electron chi connectivity index (χ1n) is 4.25. The highest BCUT2D eigenvalue weighted by atomic mass is 16.2. The van der Waals surface area contributed by atoms with Crippen LogP contribution in [0.15, 0.2) is 0 Å². The summed E-state index contributed by atoms with van der Waals surface area (Å²) in [6, 6.07) is -0.0281. The van der Waals surface area contributed by atoms with Crippen molar-refractivity contribution in [2.45, 2.75) is 25.8 Å². The van der Waals surface area contributed by atoms with Crippen LogP contribution >= 0.6 is 0 Å². The summed E-state index contributed by atoms with van der Waals surface area (Å²) < 4.78 is 0. The number of hydrogen-bond acceptors (Lipinski definition) is 2. The van der Waals surface area contributed by atoms with Gasteiger partial charge in [-0.3, -0.25) is 10.1 Å². The first-order chi connectivity index (χ1) is 5.84. The van der Waals surface area contributed by atoms with Gasteiger partial charge in [0.25, 0.3) is 0 Å². The second-order valence-electron chi connectivity index (χ2n) is 2.79. The zero-order chi connectivity index (χ0) is 8.81. The standard InChI is InChI=1S/C9H14N2O/c1-2-3-6-10-8-5-4-7-11-9(8)12/h8,10H,4-7H2,1H3,(H,11,12). The average molecular weight is 166 g/mol. The maximum Gasteiger partial charge on any atom is 0.237 e. The lowest BCUT2D eigenvalue weighted by Crippen LogP contribution is -2.48. The minimum atomic E-state index is -0.0281. The van der Waals surface area contributed by atoms with Gasteiger partial charge in [-0.1, -0.05) is 5.92 Å². The second-order valence-corrected chi connectivity index (χ2v) is 2.79. The molecule has 1 saturated heterocycles. The van der Waals surface area contributed by atoms with Crippen LogP contribution in [0.3, 0.4) is 0 Å². The molecule has 1 aliphatic heterocycles. The molecule has 0 aliphatic carbocycles. The molecule has 3 nitrogen and oxygen atoms in total. The van der Waals surface area contributed by atoms with E-state index in [-0.39, 0.29) is 11.9 Å². The molecular weight excluding hydrogens is 152 g/mol. The van der Waals surface area contributed by atoms with Crippen molar-refractivity contribution in [2.24, 2.45) is 0 Å². The van der Waals surface area contributed by atoms with Crippen LogP contribution in [-0.4, -0.2) is 25.0 Å². The first kappa shape index (κ1) is 9.08. The van der Waals surface area contributed by atoms with Gasteiger partial charge in [-0.25, -0.2) is 0 Å². The van der Waals surface area contributed by atoms with Crippen molar-refractivity contribution in [1.29, 1.82) is 0 Å². The Morgan fingerprint density at radius 1 is 1.75 bits per heavy atom. The Labute approximate surface area is 72.9 Å². The van der Waals surface area contributed by atoms with Crippen LogP contribution in [0.25, 0.3) is 0 Å². The highest BCUT2D eigenvalue weighted by Crippen LogP contribution is 2.01. The molecule has 1 rings (SSSR count). The van der Waals surface area contributed by atoms with Gasteiger partial charge in [0.1, 0.15) is 0 Å². The van der Waals surface area contributed by atoms with Gasteiger partial charge in [0, 0.05) is 6.54 Å². The van der Waals surface area contributed by atoms with Gasteiger partial charge in [0.05, 0.1) is 12.6 Å². The van der Waals surface area contributed by atoms with Gasteiger partial charge in [-0.2, -0.15) is 0 Å². The molecule has 1 unspecified atom stereocenters. The predicted octanol–water partition coefficient (Wildman–Crippen LogP) is -0.122. The Kier molecular flexibility index (Phi) is 3.62. The van der Waals surface area contributed by atoms with E-state index in [1.165, 1.54) is 0 Å². The molecule has 0 aromatic carbocycles. The highest BCUT2D eigenvalue weighted by molar-refractivity contribution is 5.82. The lowest BCUT2D eigenvalue weighted by atomic mass is 10.1. The summed E-state index contributed by atoms with van der Waals surface area (Å²) in [4.78, 5) is 11.2. The monoisotopic (exact) mass is 166 g/mol. The topological polar surface area (TPSA) is 41.1 Å². The molecule has 66 valence electrons. The number of amides is 1. The average Bonchev–Trinajstić information content (AvgIpc) is 2.09. The molecule has 1 heterocycles. The van der Waals surface area contributed by atoms with E-state index in [0.29, 0.717) is 6.54 Å². The zero-order valence-corrected chi connectivity index (χ0v) is 7.31. The van der Waals surface area contributed by atoms with E-state index in [0.717, 1.165) is 19.4 Å². The van der Waals surface area contributed by atoms with Crippen molar-refractivity contribution in [3.8, 4) is 11.8 Å². The summed E-state index contributed by atoms with van der Waals surface area (Å²) in [5.74, 6) is 5.76. The fraction of sp³-hybridized carbons (Fsp3) is 0.667. The molecule has 0 aromatic rings. The fourth-order valence-corrected chi connectivity index (χ4v) is 1.23. The van der Waals surface area contributed by atoms with Crippen molar-refractivity contribution >= 4 is 5.91 Å².